The van der Waals surface area contributed by atoms with Gasteiger partial charge < -0.3 is 19.0 Å². The largest absolute Gasteiger partial charge is 0.494 e. The second-order valence-electron chi connectivity index (χ2n) is 6.32. The Balaban J connectivity index is 1.52. The number of nitrogens with zero attached hydrogens (tertiary/aromatic N) is 2. The van der Waals surface area contributed by atoms with Gasteiger partial charge in [-0.3, -0.25) is 9.59 Å². The first-order chi connectivity index (χ1) is 12.7. The highest BCUT2D eigenvalue weighted by molar-refractivity contribution is 5.95. The highest BCUT2D eigenvalue weighted by Gasteiger charge is 2.25. The molecule has 0 radical (unpaired) electrons. The van der Waals surface area contributed by atoms with Crippen LogP contribution in [0.2, 0.25) is 0 Å². The first kappa shape index (κ1) is 18.0. The molecule has 0 unspecified atom stereocenters. The minimum atomic E-state index is -0.0561. The maximum Gasteiger partial charge on any atom is 0.257 e. The average Bonchev–Trinajstić information content (AvgIpc) is 3.23. The van der Waals surface area contributed by atoms with Crippen LogP contribution in [-0.2, 0) is 0 Å². The number of carbonyl (C=O) groups is 2. The number of unbranched alkanes of at least 4 members (excludes halogenated alkanes) is 1. The first-order valence-electron chi connectivity index (χ1n) is 9.02. The normalized spacial score (nSPS) is 14.3. The van der Waals surface area contributed by atoms with Crippen LogP contribution in [0.5, 0.6) is 5.75 Å². The van der Waals surface area contributed by atoms with E-state index in [9.17, 15) is 9.59 Å². The van der Waals surface area contributed by atoms with Gasteiger partial charge in [0.25, 0.3) is 11.8 Å². The van der Waals surface area contributed by atoms with E-state index < -0.39 is 0 Å². The summed E-state index contributed by atoms with van der Waals surface area (Å²) >= 11 is 0. The fourth-order valence-corrected chi connectivity index (χ4v) is 2.89. The van der Waals surface area contributed by atoms with Gasteiger partial charge >= 0.3 is 0 Å². The van der Waals surface area contributed by atoms with Crippen LogP contribution in [0.4, 0.5) is 0 Å². The number of benzene rings is 1. The maximum atomic E-state index is 12.6. The lowest BCUT2D eigenvalue weighted by Crippen LogP contribution is -2.50. The second kappa shape index (κ2) is 8.56. The number of hydrogen-bond acceptors (Lipinski definition) is 4. The molecule has 0 bridgehead atoms. The number of furan rings is 1. The van der Waals surface area contributed by atoms with E-state index >= 15 is 0 Å². The van der Waals surface area contributed by atoms with Crippen LogP contribution in [0.25, 0.3) is 0 Å². The van der Waals surface area contributed by atoms with Crippen molar-refractivity contribution in [2.75, 3.05) is 32.8 Å². The molecule has 2 amide bonds. The van der Waals surface area contributed by atoms with Crippen molar-refractivity contribution in [2.45, 2.75) is 19.8 Å². The van der Waals surface area contributed by atoms with Gasteiger partial charge in [-0.05, 0) is 36.8 Å². The molecule has 1 aromatic heterocycles. The summed E-state index contributed by atoms with van der Waals surface area (Å²) in [5, 5.41) is 0. The SMILES string of the molecule is CCCCOc1ccc(C(=O)N2CCN(C(=O)c3ccoc3)CC2)cc1. The van der Waals surface area contributed by atoms with E-state index in [1.165, 1.54) is 12.5 Å². The zero-order valence-corrected chi connectivity index (χ0v) is 15.0. The van der Waals surface area contributed by atoms with Crippen LogP contribution in [0.1, 0.15) is 40.5 Å². The van der Waals surface area contributed by atoms with Gasteiger partial charge in [0.1, 0.15) is 12.0 Å². The van der Waals surface area contributed by atoms with Gasteiger partial charge in [0.2, 0.25) is 0 Å². The lowest BCUT2D eigenvalue weighted by Gasteiger charge is -2.34. The van der Waals surface area contributed by atoms with Crippen molar-refractivity contribution in [3.63, 3.8) is 0 Å². The number of hydrogen-bond donors (Lipinski definition) is 0. The summed E-state index contributed by atoms with van der Waals surface area (Å²) in [6, 6.07) is 8.92. The Labute approximate surface area is 153 Å². The van der Waals surface area contributed by atoms with Crippen molar-refractivity contribution < 1.29 is 18.7 Å². The lowest BCUT2D eigenvalue weighted by atomic mass is 10.1. The number of piperazine rings is 1. The van der Waals surface area contributed by atoms with E-state index in [-0.39, 0.29) is 11.8 Å². The van der Waals surface area contributed by atoms with Crippen molar-refractivity contribution in [1.82, 2.24) is 9.80 Å². The number of rotatable bonds is 6. The molecule has 0 spiro atoms. The molecule has 138 valence electrons. The quantitative estimate of drug-likeness (QED) is 0.746. The van der Waals surface area contributed by atoms with Crippen molar-refractivity contribution in [2.24, 2.45) is 0 Å². The topological polar surface area (TPSA) is 63.0 Å². The molecule has 0 N–H and O–H groups in total. The Morgan fingerprint density at radius 3 is 2.12 bits per heavy atom. The molecule has 0 saturated carbocycles. The van der Waals surface area contributed by atoms with Crippen LogP contribution in [-0.4, -0.2) is 54.4 Å². The van der Waals surface area contributed by atoms with E-state index in [1.807, 2.05) is 12.1 Å². The number of carbonyl (C=O) groups excluding carboxylic acids is 2. The Kier molecular flexibility index (Phi) is 5.94. The third-order valence-corrected chi connectivity index (χ3v) is 4.49. The van der Waals surface area contributed by atoms with Gasteiger partial charge in [0, 0.05) is 31.7 Å². The van der Waals surface area contributed by atoms with Gasteiger partial charge in [-0.2, -0.15) is 0 Å². The number of amides is 2. The van der Waals surface area contributed by atoms with E-state index in [1.54, 1.807) is 28.0 Å². The Morgan fingerprint density at radius 2 is 1.58 bits per heavy atom. The summed E-state index contributed by atoms with van der Waals surface area (Å²) in [6.07, 6.45) is 5.04. The molecule has 6 nitrogen and oxygen atoms in total. The summed E-state index contributed by atoms with van der Waals surface area (Å²) in [4.78, 5) is 28.5. The predicted octanol–water partition coefficient (Wildman–Crippen LogP) is 3.06. The molecule has 26 heavy (non-hydrogen) atoms. The summed E-state index contributed by atoms with van der Waals surface area (Å²) in [6.45, 7) is 4.90. The highest BCUT2D eigenvalue weighted by atomic mass is 16.5. The monoisotopic (exact) mass is 356 g/mol. The minimum Gasteiger partial charge on any atom is -0.494 e. The Bertz CT molecular complexity index is 717. The molecule has 0 atom stereocenters. The lowest BCUT2D eigenvalue weighted by molar-refractivity contribution is 0.0535. The van der Waals surface area contributed by atoms with Gasteiger partial charge in [-0.1, -0.05) is 13.3 Å². The van der Waals surface area contributed by atoms with Crippen LogP contribution >= 0.6 is 0 Å². The third-order valence-electron chi connectivity index (χ3n) is 4.49. The molecule has 2 aromatic rings. The van der Waals surface area contributed by atoms with E-state index in [0.29, 0.717) is 43.9 Å². The zero-order valence-electron chi connectivity index (χ0n) is 15.0. The van der Waals surface area contributed by atoms with Crippen molar-refractivity contribution in [3.8, 4) is 5.75 Å². The van der Waals surface area contributed by atoms with Gasteiger partial charge in [-0.25, -0.2) is 0 Å². The molecule has 2 heterocycles. The summed E-state index contributed by atoms with van der Waals surface area (Å²) in [5.74, 6) is 0.713. The molecule has 6 heteroatoms. The maximum absolute atomic E-state index is 12.6. The van der Waals surface area contributed by atoms with Crippen molar-refractivity contribution >= 4 is 11.8 Å². The molecule has 1 aliphatic rings. The van der Waals surface area contributed by atoms with E-state index in [2.05, 4.69) is 6.92 Å². The van der Waals surface area contributed by atoms with Gasteiger partial charge in [0.15, 0.2) is 0 Å². The summed E-state index contributed by atoms with van der Waals surface area (Å²) in [5.41, 5.74) is 1.19. The molecule has 1 saturated heterocycles. The molecular formula is C20H24N2O4. The van der Waals surface area contributed by atoms with Crippen LogP contribution < -0.4 is 4.74 Å². The van der Waals surface area contributed by atoms with Gasteiger partial charge in [0.05, 0.1) is 18.4 Å². The Morgan fingerprint density at radius 1 is 0.962 bits per heavy atom. The summed E-state index contributed by atoms with van der Waals surface area (Å²) < 4.78 is 10.6. The minimum absolute atomic E-state index is 0.0134. The van der Waals surface area contributed by atoms with Crippen molar-refractivity contribution in [1.29, 1.82) is 0 Å². The smallest absolute Gasteiger partial charge is 0.257 e. The molecule has 1 fully saturated rings. The summed E-state index contributed by atoms with van der Waals surface area (Å²) in [7, 11) is 0. The van der Waals surface area contributed by atoms with Crippen LogP contribution in [0.15, 0.2) is 47.3 Å². The molecule has 3 rings (SSSR count). The predicted molar refractivity (Wildman–Crippen MR) is 97.4 cm³/mol. The number of ether oxygens (including phenoxy) is 1. The standard InChI is InChI=1S/C20H24N2O4/c1-2-3-13-26-18-6-4-16(5-7-18)19(23)21-9-11-22(12-10-21)20(24)17-8-14-25-15-17/h4-8,14-15H,2-3,9-13H2,1H3. The van der Waals surface area contributed by atoms with Crippen LogP contribution in [0, 0.1) is 0 Å². The van der Waals surface area contributed by atoms with Crippen LogP contribution in [0.3, 0.4) is 0 Å². The highest BCUT2D eigenvalue weighted by Crippen LogP contribution is 2.16. The molecule has 0 aliphatic carbocycles. The third kappa shape index (κ3) is 4.25. The molecular weight excluding hydrogens is 332 g/mol. The molecule has 1 aliphatic heterocycles. The fraction of sp³-hybridized carbons (Fsp3) is 0.400. The second-order valence-corrected chi connectivity index (χ2v) is 6.32. The fourth-order valence-electron chi connectivity index (χ4n) is 2.89. The van der Waals surface area contributed by atoms with E-state index in [4.69, 9.17) is 9.15 Å². The first-order valence-corrected chi connectivity index (χ1v) is 9.02. The van der Waals surface area contributed by atoms with E-state index in [0.717, 1.165) is 18.6 Å². The molecule has 1 aromatic carbocycles. The van der Waals surface area contributed by atoms with Gasteiger partial charge in [-0.15, -0.1) is 0 Å². The average molecular weight is 356 g/mol. The Hall–Kier alpha value is -2.76. The van der Waals surface area contributed by atoms with Crippen molar-refractivity contribution in [3.05, 3.63) is 54.0 Å². The zero-order chi connectivity index (χ0) is 18.4.